The van der Waals surface area contributed by atoms with Crippen LogP contribution in [0.2, 0.25) is 0 Å². The number of ether oxygens (including phenoxy) is 1. The molecule has 0 atom stereocenters. The lowest BCUT2D eigenvalue weighted by Crippen LogP contribution is -2.18. The van der Waals surface area contributed by atoms with Crippen LogP contribution in [0.25, 0.3) is 11.3 Å². The number of amides is 2. The number of halogens is 3. The summed E-state index contributed by atoms with van der Waals surface area (Å²) in [4.78, 5) is 36.3. The number of rotatable bonds is 6. The minimum absolute atomic E-state index is 0.0405. The van der Waals surface area contributed by atoms with Crippen molar-refractivity contribution in [2.24, 2.45) is 0 Å². The van der Waals surface area contributed by atoms with Crippen LogP contribution in [0.1, 0.15) is 26.5 Å². The Morgan fingerprint density at radius 1 is 0.806 bits per heavy atom. The largest absolute Gasteiger partial charge is 0.457 e. The molecule has 36 heavy (non-hydrogen) atoms. The molecular formula is C25H18F3N5O3. The van der Waals surface area contributed by atoms with Crippen molar-refractivity contribution in [3.05, 3.63) is 96.2 Å². The molecule has 182 valence electrons. The summed E-state index contributed by atoms with van der Waals surface area (Å²) in [6, 6.07) is 15.5. The van der Waals surface area contributed by atoms with Gasteiger partial charge in [0.05, 0.1) is 11.3 Å². The summed E-state index contributed by atoms with van der Waals surface area (Å²) in [5.41, 5.74) is 0.653. The van der Waals surface area contributed by atoms with Gasteiger partial charge < -0.3 is 15.4 Å². The summed E-state index contributed by atoms with van der Waals surface area (Å²) in [7, 11) is 1.50. The van der Waals surface area contributed by atoms with Gasteiger partial charge in [-0.05, 0) is 48.5 Å². The molecule has 4 aromatic rings. The first-order valence-corrected chi connectivity index (χ1v) is 10.5. The third-order valence-electron chi connectivity index (χ3n) is 4.95. The third-order valence-corrected chi connectivity index (χ3v) is 4.95. The molecule has 2 N–H and O–H groups in total. The lowest BCUT2D eigenvalue weighted by Gasteiger charge is -2.09. The van der Waals surface area contributed by atoms with Gasteiger partial charge in [-0.15, -0.1) is 0 Å². The maximum absolute atomic E-state index is 12.8. The van der Waals surface area contributed by atoms with Crippen molar-refractivity contribution in [2.45, 2.75) is 6.18 Å². The summed E-state index contributed by atoms with van der Waals surface area (Å²) in [6.45, 7) is 0. The molecule has 2 aromatic heterocycles. The zero-order chi connectivity index (χ0) is 25.7. The van der Waals surface area contributed by atoms with E-state index < -0.39 is 17.6 Å². The first kappa shape index (κ1) is 24.3. The van der Waals surface area contributed by atoms with E-state index in [1.54, 1.807) is 30.3 Å². The summed E-state index contributed by atoms with van der Waals surface area (Å²) < 4.78 is 44.1. The normalized spacial score (nSPS) is 11.0. The molecule has 2 aromatic carbocycles. The van der Waals surface area contributed by atoms with E-state index in [9.17, 15) is 22.8 Å². The van der Waals surface area contributed by atoms with Gasteiger partial charge in [0.1, 0.15) is 29.2 Å². The molecule has 8 nitrogen and oxygen atoms in total. The second kappa shape index (κ2) is 10.2. The molecule has 0 saturated carbocycles. The van der Waals surface area contributed by atoms with Crippen molar-refractivity contribution >= 4 is 17.5 Å². The van der Waals surface area contributed by atoms with Crippen LogP contribution < -0.4 is 15.4 Å². The second-order valence-electron chi connectivity index (χ2n) is 7.40. The Bertz CT molecular complexity index is 1390. The van der Waals surface area contributed by atoms with E-state index in [0.29, 0.717) is 28.4 Å². The Labute approximate surface area is 203 Å². The first-order chi connectivity index (χ1) is 17.2. The molecular weight excluding hydrogens is 475 g/mol. The number of hydrogen-bond donors (Lipinski definition) is 2. The van der Waals surface area contributed by atoms with Gasteiger partial charge in [-0.1, -0.05) is 12.1 Å². The number of carbonyl (C=O) groups is 2. The molecule has 4 rings (SSSR count). The van der Waals surface area contributed by atoms with Crippen molar-refractivity contribution < 1.29 is 27.5 Å². The van der Waals surface area contributed by atoms with Crippen LogP contribution >= 0.6 is 0 Å². The van der Waals surface area contributed by atoms with Crippen LogP contribution in [-0.2, 0) is 6.18 Å². The average Bonchev–Trinajstić information content (AvgIpc) is 2.89. The lowest BCUT2D eigenvalue weighted by molar-refractivity contribution is -0.137. The van der Waals surface area contributed by atoms with Crippen LogP contribution in [0, 0.1) is 0 Å². The van der Waals surface area contributed by atoms with Gasteiger partial charge in [0.2, 0.25) is 0 Å². The van der Waals surface area contributed by atoms with Crippen molar-refractivity contribution in [3.8, 4) is 22.8 Å². The number of hydrogen-bond acceptors (Lipinski definition) is 6. The Balaban J connectivity index is 1.43. The predicted molar refractivity (Wildman–Crippen MR) is 125 cm³/mol. The molecule has 0 bridgehead atoms. The van der Waals surface area contributed by atoms with Gasteiger partial charge in [0.25, 0.3) is 11.8 Å². The van der Waals surface area contributed by atoms with Gasteiger partial charge in [-0.25, -0.2) is 9.97 Å². The zero-order valence-corrected chi connectivity index (χ0v) is 18.7. The second-order valence-corrected chi connectivity index (χ2v) is 7.40. The van der Waals surface area contributed by atoms with Crippen molar-refractivity contribution in [3.63, 3.8) is 0 Å². The summed E-state index contributed by atoms with van der Waals surface area (Å²) >= 11 is 0. The molecule has 0 fully saturated rings. The quantitative estimate of drug-likeness (QED) is 0.393. The number of alkyl halides is 3. The highest BCUT2D eigenvalue weighted by Crippen LogP contribution is 2.30. The smallest absolute Gasteiger partial charge is 0.416 e. The van der Waals surface area contributed by atoms with E-state index in [1.807, 2.05) is 0 Å². The highest BCUT2D eigenvalue weighted by atomic mass is 19.4. The number of benzene rings is 2. The van der Waals surface area contributed by atoms with Gasteiger partial charge >= 0.3 is 6.18 Å². The Morgan fingerprint density at radius 3 is 2.17 bits per heavy atom. The summed E-state index contributed by atoms with van der Waals surface area (Å²) in [6.07, 6.45) is -1.82. The van der Waals surface area contributed by atoms with Crippen molar-refractivity contribution in [2.75, 3.05) is 12.4 Å². The third kappa shape index (κ3) is 5.81. The van der Waals surface area contributed by atoms with Crippen LogP contribution in [0.4, 0.5) is 18.9 Å². The number of nitrogens with one attached hydrogen (secondary N) is 2. The Hall–Kier alpha value is -4.80. The topological polar surface area (TPSA) is 106 Å². The standard InChI is InChI=1S/C25H18F3N5O3/c1-29-23(34)21-12-19(10-11-30-21)36-18-8-6-17(7-9-18)33-24(35)22-13-20(31-14-32-22)15-2-4-16(5-3-15)25(26,27)28/h2-14H,1H3,(H,29,34)(H,33,35). The number of aromatic nitrogens is 3. The molecule has 2 amide bonds. The van der Waals surface area contributed by atoms with E-state index in [-0.39, 0.29) is 17.3 Å². The highest BCUT2D eigenvalue weighted by Gasteiger charge is 2.30. The number of anilines is 1. The fourth-order valence-electron chi connectivity index (χ4n) is 3.13. The van der Waals surface area contributed by atoms with Gasteiger partial charge in [0.15, 0.2) is 0 Å². The van der Waals surface area contributed by atoms with Crippen LogP contribution in [0.15, 0.2) is 79.3 Å². The van der Waals surface area contributed by atoms with E-state index in [4.69, 9.17) is 4.74 Å². The van der Waals surface area contributed by atoms with Gasteiger partial charge in [-0.3, -0.25) is 14.6 Å². The molecule has 0 aliphatic rings. The van der Waals surface area contributed by atoms with E-state index in [2.05, 4.69) is 25.6 Å². The minimum atomic E-state index is -4.44. The fourth-order valence-corrected chi connectivity index (χ4v) is 3.13. The molecule has 0 unspecified atom stereocenters. The molecule has 0 saturated heterocycles. The molecule has 0 spiro atoms. The highest BCUT2D eigenvalue weighted by molar-refractivity contribution is 6.03. The fraction of sp³-hybridized carbons (Fsp3) is 0.0800. The first-order valence-electron chi connectivity index (χ1n) is 10.5. The lowest BCUT2D eigenvalue weighted by atomic mass is 10.1. The monoisotopic (exact) mass is 493 g/mol. The van der Waals surface area contributed by atoms with Crippen molar-refractivity contribution in [1.29, 1.82) is 0 Å². The number of pyridine rings is 1. The van der Waals surface area contributed by atoms with Crippen LogP contribution in [0.5, 0.6) is 11.5 Å². The number of carbonyl (C=O) groups excluding carboxylic acids is 2. The van der Waals surface area contributed by atoms with Gasteiger partial charge in [-0.2, -0.15) is 13.2 Å². The average molecular weight is 493 g/mol. The molecule has 0 aliphatic carbocycles. The van der Waals surface area contributed by atoms with Crippen LogP contribution in [-0.4, -0.2) is 33.8 Å². The molecule has 2 heterocycles. The molecule has 11 heteroatoms. The maximum Gasteiger partial charge on any atom is 0.416 e. The Kier molecular flexibility index (Phi) is 6.91. The van der Waals surface area contributed by atoms with Crippen LogP contribution in [0.3, 0.4) is 0 Å². The zero-order valence-electron chi connectivity index (χ0n) is 18.7. The predicted octanol–water partition coefficient (Wildman–Crippen LogP) is 4.96. The van der Waals surface area contributed by atoms with Crippen molar-refractivity contribution in [1.82, 2.24) is 20.3 Å². The van der Waals surface area contributed by atoms with Gasteiger partial charge in [0, 0.05) is 30.6 Å². The van der Waals surface area contributed by atoms with E-state index in [1.165, 1.54) is 43.8 Å². The number of nitrogens with zero attached hydrogens (tertiary/aromatic N) is 3. The summed E-state index contributed by atoms with van der Waals surface area (Å²) in [5, 5.41) is 5.18. The SMILES string of the molecule is CNC(=O)c1cc(Oc2ccc(NC(=O)c3cc(-c4ccc(C(F)(F)F)cc4)ncn3)cc2)ccn1. The molecule has 0 radical (unpaired) electrons. The van der Waals surface area contributed by atoms with E-state index >= 15 is 0 Å². The minimum Gasteiger partial charge on any atom is -0.457 e. The molecule has 0 aliphatic heterocycles. The maximum atomic E-state index is 12.8. The summed E-state index contributed by atoms with van der Waals surface area (Å²) in [5.74, 6) is 0.0131. The van der Waals surface area contributed by atoms with E-state index in [0.717, 1.165) is 12.1 Å². The Morgan fingerprint density at radius 2 is 1.50 bits per heavy atom.